The highest BCUT2D eigenvalue weighted by molar-refractivity contribution is 8.00. The average molecular weight is 186 g/mol. The molecule has 0 amide bonds. The van der Waals surface area contributed by atoms with Gasteiger partial charge >= 0.3 is 0 Å². The molecule has 2 fully saturated rings. The largest absolute Gasteiger partial charge is 0.317 e. The molecule has 68 valence electrons. The highest BCUT2D eigenvalue weighted by atomic mass is 32.2. The van der Waals surface area contributed by atoms with Crippen LogP contribution in [-0.4, -0.2) is 36.0 Å². The van der Waals surface area contributed by atoms with Crippen molar-refractivity contribution < 1.29 is 4.79 Å². The van der Waals surface area contributed by atoms with Gasteiger partial charge < -0.3 is 10.1 Å². The summed E-state index contributed by atoms with van der Waals surface area (Å²) in [5.74, 6) is 0.948. The molecular formula is C8H14N2OS. The van der Waals surface area contributed by atoms with Gasteiger partial charge in [0.05, 0.1) is 10.9 Å². The third kappa shape index (κ3) is 1.51. The van der Waals surface area contributed by atoms with Gasteiger partial charge in [0.15, 0.2) is 0 Å². The summed E-state index contributed by atoms with van der Waals surface area (Å²) in [6.07, 6.45) is 3.31. The van der Waals surface area contributed by atoms with Crippen molar-refractivity contribution >= 4 is 18.0 Å². The zero-order chi connectivity index (χ0) is 8.44. The molecule has 0 saturated carbocycles. The molecule has 2 aliphatic rings. The van der Waals surface area contributed by atoms with E-state index in [0.717, 1.165) is 38.0 Å². The Morgan fingerprint density at radius 1 is 1.42 bits per heavy atom. The second-order valence-electron chi connectivity index (χ2n) is 3.44. The molecule has 0 aromatic heterocycles. The van der Waals surface area contributed by atoms with E-state index < -0.39 is 0 Å². The van der Waals surface area contributed by atoms with Crippen molar-refractivity contribution in [2.45, 2.75) is 23.8 Å². The molecule has 4 heteroatoms. The van der Waals surface area contributed by atoms with Crippen LogP contribution in [0.25, 0.3) is 0 Å². The van der Waals surface area contributed by atoms with Crippen LogP contribution in [0.4, 0.5) is 0 Å². The smallest absolute Gasteiger partial charge is 0.137 e. The first-order chi connectivity index (χ1) is 5.85. The van der Waals surface area contributed by atoms with E-state index in [9.17, 15) is 4.79 Å². The summed E-state index contributed by atoms with van der Waals surface area (Å²) in [7, 11) is 0. The van der Waals surface area contributed by atoms with Gasteiger partial charge in [-0.15, -0.1) is 11.8 Å². The number of nitrogens with one attached hydrogen (secondary N) is 2. The first-order valence-corrected chi connectivity index (χ1v) is 5.41. The minimum Gasteiger partial charge on any atom is -0.317 e. The molecule has 0 aromatic rings. The highest BCUT2D eigenvalue weighted by Gasteiger charge is 2.39. The molecule has 2 rings (SSSR count). The molecule has 0 radical (unpaired) electrons. The van der Waals surface area contributed by atoms with Crippen LogP contribution in [0, 0.1) is 0 Å². The van der Waals surface area contributed by atoms with E-state index in [1.54, 1.807) is 0 Å². The topological polar surface area (TPSA) is 41.1 Å². The standard InChI is InChI=1S/C8H14N2OS/c11-5-7-6-12-8(10-7)1-3-9-4-2-8/h5,7,9-10H,1-4,6H2. The molecule has 1 spiro atoms. The van der Waals surface area contributed by atoms with Gasteiger partial charge in [0.2, 0.25) is 0 Å². The fourth-order valence-electron chi connectivity index (χ4n) is 1.86. The first kappa shape index (κ1) is 8.53. The van der Waals surface area contributed by atoms with Crippen LogP contribution < -0.4 is 10.6 Å². The lowest BCUT2D eigenvalue weighted by atomic mass is 10.1. The van der Waals surface area contributed by atoms with Crippen molar-refractivity contribution in [2.75, 3.05) is 18.8 Å². The number of thioether (sulfide) groups is 1. The lowest BCUT2D eigenvalue weighted by Gasteiger charge is -2.33. The lowest BCUT2D eigenvalue weighted by Crippen LogP contribution is -2.49. The maximum Gasteiger partial charge on any atom is 0.137 e. The van der Waals surface area contributed by atoms with Crippen molar-refractivity contribution in [2.24, 2.45) is 0 Å². The Labute approximate surface area is 76.7 Å². The molecule has 2 N–H and O–H groups in total. The Balaban J connectivity index is 1.98. The summed E-state index contributed by atoms with van der Waals surface area (Å²) in [5.41, 5.74) is 0. The monoisotopic (exact) mass is 186 g/mol. The second-order valence-corrected chi connectivity index (χ2v) is 4.85. The minimum atomic E-state index is 0.0908. The molecule has 0 aliphatic carbocycles. The van der Waals surface area contributed by atoms with Gasteiger partial charge in [-0.1, -0.05) is 0 Å². The number of piperidine rings is 1. The minimum absolute atomic E-state index is 0.0908. The molecule has 1 atom stereocenters. The maximum atomic E-state index is 10.5. The fourth-order valence-corrected chi connectivity index (χ4v) is 3.25. The number of hydrogen-bond donors (Lipinski definition) is 2. The molecule has 12 heavy (non-hydrogen) atoms. The number of aldehydes is 1. The van der Waals surface area contributed by atoms with E-state index in [1.165, 1.54) is 0 Å². The molecular weight excluding hydrogens is 172 g/mol. The Hall–Kier alpha value is -0.0600. The predicted octanol–water partition coefficient (Wildman–Crippen LogP) is -0.0300. The summed E-state index contributed by atoms with van der Waals surface area (Å²) in [6, 6.07) is 0.0908. The number of carbonyl (C=O) groups is 1. The first-order valence-electron chi connectivity index (χ1n) is 4.42. The fraction of sp³-hybridized carbons (Fsp3) is 0.875. The Bertz CT molecular complexity index is 180. The number of rotatable bonds is 1. The van der Waals surface area contributed by atoms with Gasteiger partial charge in [0.25, 0.3) is 0 Å². The van der Waals surface area contributed by atoms with E-state index in [2.05, 4.69) is 10.6 Å². The number of carbonyl (C=O) groups excluding carboxylic acids is 1. The molecule has 2 saturated heterocycles. The highest BCUT2D eigenvalue weighted by Crippen LogP contribution is 2.36. The Morgan fingerprint density at radius 3 is 2.75 bits per heavy atom. The number of hydrogen-bond acceptors (Lipinski definition) is 4. The van der Waals surface area contributed by atoms with Crippen LogP contribution in [-0.2, 0) is 4.79 Å². The lowest BCUT2D eigenvalue weighted by molar-refractivity contribution is -0.109. The van der Waals surface area contributed by atoms with E-state index in [4.69, 9.17) is 0 Å². The SMILES string of the molecule is O=CC1CSC2(CCNCC2)N1. The van der Waals surface area contributed by atoms with Crippen LogP contribution >= 0.6 is 11.8 Å². The van der Waals surface area contributed by atoms with Gasteiger partial charge in [-0.05, 0) is 25.9 Å². The van der Waals surface area contributed by atoms with Crippen molar-refractivity contribution in [3.63, 3.8) is 0 Å². The summed E-state index contributed by atoms with van der Waals surface area (Å²) in [5, 5.41) is 6.74. The molecule has 2 heterocycles. The van der Waals surface area contributed by atoms with E-state index in [0.29, 0.717) is 0 Å². The molecule has 0 bridgehead atoms. The Morgan fingerprint density at radius 2 is 2.17 bits per heavy atom. The van der Waals surface area contributed by atoms with Gasteiger partial charge in [0.1, 0.15) is 6.29 Å². The molecule has 0 aromatic carbocycles. The maximum absolute atomic E-state index is 10.5. The molecule has 2 aliphatic heterocycles. The zero-order valence-electron chi connectivity index (χ0n) is 7.01. The third-order valence-corrected chi connectivity index (χ3v) is 4.17. The van der Waals surface area contributed by atoms with Gasteiger partial charge in [-0.25, -0.2) is 0 Å². The summed E-state index contributed by atoms with van der Waals surface area (Å²) in [6.45, 7) is 2.15. The van der Waals surface area contributed by atoms with Gasteiger partial charge in [-0.3, -0.25) is 5.32 Å². The van der Waals surface area contributed by atoms with Crippen molar-refractivity contribution in [3.8, 4) is 0 Å². The average Bonchev–Trinajstić information content (AvgIpc) is 2.50. The predicted molar refractivity (Wildman–Crippen MR) is 50.3 cm³/mol. The summed E-state index contributed by atoms with van der Waals surface area (Å²) < 4.78 is 0. The van der Waals surface area contributed by atoms with Crippen LogP contribution in [0.15, 0.2) is 0 Å². The Kier molecular flexibility index (Phi) is 2.39. The van der Waals surface area contributed by atoms with Crippen LogP contribution in [0.5, 0.6) is 0 Å². The third-order valence-electron chi connectivity index (χ3n) is 2.56. The van der Waals surface area contributed by atoms with E-state index in [1.807, 2.05) is 11.8 Å². The molecule has 3 nitrogen and oxygen atoms in total. The normalized spacial score (nSPS) is 33.8. The zero-order valence-corrected chi connectivity index (χ0v) is 7.82. The summed E-state index contributed by atoms with van der Waals surface area (Å²) in [4.78, 5) is 10.8. The van der Waals surface area contributed by atoms with Crippen LogP contribution in [0.1, 0.15) is 12.8 Å². The van der Waals surface area contributed by atoms with Gasteiger partial charge in [0, 0.05) is 5.75 Å². The van der Waals surface area contributed by atoms with Crippen LogP contribution in [0.3, 0.4) is 0 Å². The van der Waals surface area contributed by atoms with Crippen molar-refractivity contribution in [3.05, 3.63) is 0 Å². The van der Waals surface area contributed by atoms with Crippen molar-refractivity contribution in [1.29, 1.82) is 0 Å². The van der Waals surface area contributed by atoms with Crippen LogP contribution in [0.2, 0.25) is 0 Å². The second kappa shape index (κ2) is 3.36. The summed E-state index contributed by atoms with van der Waals surface area (Å²) >= 11 is 1.92. The van der Waals surface area contributed by atoms with Gasteiger partial charge in [-0.2, -0.15) is 0 Å². The van der Waals surface area contributed by atoms with Crippen molar-refractivity contribution in [1.82, 2.24) is 10.6 Å². The molecule has 1 unspecified atom stereocenters. The quantitative estimate of drug-likeness (QED) is 0.564. The van der Waals surface area contributed by atoms with E-state index in [-0.39, 0.29) is 10.9 Å². The van der Waals surface area contributed by atoms with E-state index >= 15 is 0 Å².